The van der Waals surface area contributed by atoms with Gasteiger partial charge in [-0.15, -0.1) is 0 Å². The average molecular weight is 429 g/mol. The van der Waals surface area contributed by atoms with Crippen LogP contribution in [0, 0.1) is 11.8 Å². The van der Waals surface area contributed by atoms with Gasteiger partial charge in [0.05, 0.1) is 0 Å². The number of thiol groups is 2. The Labute approximate surface area is 171 Å². The first-order valence-corrected chi connectivity index (χ1v) is 14.6. The monoisotopic (exact) mass is 428 g/mol. The maximum atomic E-state index is 4.29. The first-order chi connectivity index (χ1) is 11.3. The van der Waals surface area contributed by atoms with Crippen molar-refractivity contribution in [2.24, 2.45) is 11.8 Å². The molecule has 0 heterocycles. The summed E-state index contributed by atoms with van der Waals surface area (Å²) in [5.41, 5.74) is 0. The van der Waals surface area contributed by atoms with E-state index in [4.69, 9.17) is 0 Å². The molecule has 0 aliphatic heterocycles. The SMILES string of the molecule is SCCSCCSC1CCC2CCC(SCCSCCS)C2C1. The molecule has 0 nitrogen and oxygen atoms in total. The molecule has 0 spiro atoms. The second-order valence-corrected chi connectivity index (χ2v) is 12.5. The third kappa shape index (κ3) is 8.11. The second kappa shape index (κ2) is 13.3. The molecular formula is C17H32S6. The molecule has 4 atom stereocenters. The Bertz CT molecular complexity index is 301. The molecular weight excluding hydrogens is 397 g/mol. The van der Waals surface area contributed by atoms with Crippen molar-refractivity contribution in [3.05, 3.63) is 0 Å². The van der Waals surface area contributed by atoms with E-state index in [1.165, 1.54) is 66.6 Å². The van der Waals surface area contributed by atoms with Gasteiger partial charge >= 0.3 is 0 Å². The highest BCUT2D eigenvalue weighted by Crippen LogP contribution is 2.49. The molecule has 0 saturated heterocycles. The fourth-order valence-electron chi connectivity index (χ4n) is 3.86. The number of fused-ring (bicyclic) bond motifs is 1. The van der Waals surface area contributed by atoms with Crippen LogP contribution in [0.15, 0.2) is 0 Å². The first-order valence-electron chi connectivity index (χ1n) is 8.95. The van der Waals surface area contributed by atoms with Gasteiger partial charge in [0.2, 0.25) is 0 Å². The van der Waals surface area contributed by atoms with Crippen molar-refractivity contribution < 1.29 is 0 Å². The molecule has 2 rings (SSSR count). The molecule has 0 aromatic heterocycles. The van der Waals surface area contributed by atoms with Crippen molar-refractivity contribution >= 4 is 72.3 Å². The van der Waals surface area contributed by atoms with Gasteiger partial charge in [-0.05, 0) is 55.4 Å². The highest BCUT2D eigenvalue weighted by atomic mass is 32.2. The van der Waals surface area contributed by atoms with Gasteiger partial charge in [0.15, 0.2) is 0 Å². The summed E-state index contributed by atoms with van der Waals surface area (Å²) in [6.45, 7) is 0. The Hall–Kier alpha value is 2.10. The summed E-state index contributed by atoms with van der Waals surface area (Å²) >= 11 is 17.3. The Morgan fingerprint density at radius 2 is 1.35 bits per heavy atom. The van der Waals surface area contributed by atoms with Crippen molar-refractivity contribution in [1.29, 1.82) is 0 Å². The van der Waals surface area contributed by atoms with E-state index in [2.05, 4.69) is 72.3 Å². The Morgan fingerprint density at radius 1 is 0.696 bits per heavy atom. The topological polar surface area (TPSA) is 0 Å². The number of hydrogen-bond acceptors (Lipinski definition) is 6. The Balaban J connectivity index is 1.62. The predicted octanol–water partition coefficient (Wildman–Crippen LogP) is 5.73. The lowest BCUT2D eigenvalue weighted by Gasteiger charge is -2.34. The van der Waals surface area contributed by atoms with Crippen molar-refractivity contribution in [1.82, 2.24) is 0 Å². The van der Waals surface area contributed by atoms with Crippen LogP contribution in [0.25, 0.3) is 0 Å². The van der Waals surface area contributed by atoms with E-state index in [9.17, 15) is 0 Å². The van der Waals surface area contributed by atoms with E-state index in [0.717, 1.165) is 33.8 Å². The minimum Gasteiger partial charge on any atom is -0.179 e. The summed E-state index contributed by atoms with van der Waals surface area (Å²) in [6.07, 6.45) is 7.51. The quantitative estimate of drug-likeness (QED) is 0.301. The van der Waals surface area contributed by atoms with Gasteiger partial charge in [-0.1, -0.05) is 0 Å². The number of rotatable bonds is 12. The second-order valence-electron chi connectivity index (χ2n) is 6.39. The smallest absolute Gasteiger partial charge is 0.00787 e. The Morgan fingerprint density at radius 3 is 2.04 bits per heavy atom. The van der Waals surface area contributed by atoms with E-state index in [-0.39, 0.29) is 0 Å². The van der Waals surface area contributed by atoms with E-state index in [0.29, 0.717) is 0 Å². The standard InChI is InChI=1S/C17H32S6/c18-5-7-20-9-11-22-15-3-1-14-2-4-17(16(14)13-15)23-12-10-21-8-6-19/h14-19H,1-13H2. The zero-order valence-electron chi connectivity index (χ0n) is 14.0. The van der Waals surface area contributed by atoms with Crippen LogP contribution in [0.2, 0.25) is 0 Å². The van der Waals surface area contributed by atoms with Crippen LogP contribution in [-0.2, 0) is 0 Å². The number of hydrogen-bond donors (Lipinski definition) is 2. The van der Waals surface area contributed by atoms with Gasteiger partial charge < -0.3 is 0 Å². The third-order valence-corrected chi connectivity index (χ3v) is 11.2. The summed E-state index contributed by atoms with van der Waals surface area (Å²) in [5.74, 6) is 11.9. The molecule has 2 aliphatic carbocycles. The van der Waals surface area contributed by atoms with Crippen LogP contribution >= 0.6 is 72.3 Å². The molecule has 2 saturated carbocycles. The van der Waals surface area contributed by atoms with Crippen LogP contribution in [-0.4, -0.2) is 56.5 Å². The zero-order chi connectivity index (χ0) is 16.3. The van der Waals surface area contributed by atoms with Crippen molar-refractivity contribution in [3.8, 4) is 0 Å². The molecule has 0 aromatic rings. The highest BCUT2D eigenvalue weighted by Gasteiger charge is 2.40. The zero-order valence-corrected chi connectivity index (χ0v) is 19.1. The van der Waals surface area contributed by atoms with Crippen LogP contribution in [0.5, 0.6) is 0 Å². The maximum absolute atomic E-state index is 4.29. The fourth-order valence-corrected chi connectivity index (χ4v) is 9.19. The predicted molar refractivity (Wildman–Crippen MR) is 125 cm³/mol. The first kappa shape index (κ1) is 21.4. The lowest BCUT2D eigenvalue weighted by atomic mass is 9.81. The molecule has 0 bridgehead atoms. The van der Waals surface area contributed by atoms with Crippen LogP contribution in [0.4, 0.5) is 0 Å². The molecule has 0 radical (unpaired) electrons. The van der Waals surface area contributed by atoms with E-state index in [1.54, 1.807) is 0 Å². The molecule has 2 fully saturated rings. The summed E-state index contributed by atoms with van der Waals surface area (Å²) in [6, 6.07) is 0. The van der Waals surface area contributed by atoms with Gasteiger partial charge in [-0.25, -0.2) is 0 Å². The fraction of sp³-hybridized carbons (Fsp3) is 1.00. The molecule has 2 aliphatic rings. The summed E-state index contributed by atoms with van der Waals surface area (Å²) < 4.78 is 0. The summed E-state index contributed by atoms with van der Waals surface area (Å²) in [7, 11) is 0. The summed E-state index contributed by atoms with van der Waals surface area (Å²) in [5, 5.41) is 1.92. The minimum atomic E-state index is 0.951. The molecule has 6 heteroatoms. The maximum Gasteiger partial charge on any atom is 0.00787 e. The van der Waals surface area contributed by atoms with Gasteiger partial charge in [0.25, 0.3) is 0 Å². The molecule has 23 heavy (non-hydrogen) atoms. The minimum absolute atomic E-state index is 0.951. The van der Waals surface area contributed by atoms with Gasteiger partial charge in [0.1, 0.15) is 0 Å². The van der Waals surface area contributed by atoms with Crippen molar-refractivity contribution in [3.63, 3.8) is 0 Å². The molecule has 136 valence electrons. The molecule has 0 aromatic carbocycles. The number of thioether (sulfide) groups is 4. The average Bonchev–Trinajstić information content (AvgIpc) is 2.97. The van der Waals surface area contributed by atoms with Crippen LogP contribution in [0.3, 0.4) is 0 Å². The van der Waals surface area contributed by atoms with Gasteiger partial charge in [-0.3, -0.25) is 0 Å². The van der Waals surface area contributed by atoms with E-state index >= 15 is 0 Å². The van der Waals surface area contributed by atoms with Crippen LogP contribution in [0.1, 0.15) is 32.1 Å². The van der Waals surface area contributed by atoms with E-state index in [1.807, 2.05) is 0 Å². The molecule has 0 N–H and O–H groups in total. The third-order valence-electron chi connectivity index (χ3n) is 4.91. The van der Waals surface area contributed by atoms with Crippen molar-refractivity contribution in [2.45, 2.75) is 42.6 Å². The lowest BCUT2D eigenvalue weighted by molar-refractivity contribution is 0.287. The van der Waals surface area contributed by atoms with E-state index < -0.39 is 0 Å². The normalized spacial score (nSPS) is 30.5. The Kier molecular flexibility index (Phi) is 12.4. The largest absolute Gasteiger partial charge is 0.179 e. The molecule has 4 unspecified atom stereocenters. The lowest BCUT2D eigenvalue weighted by Crippen LogP contribution is -2.28. The van der Waals surface area contributed by atoms with Gasteiger partial charge in [0, 0.05) is 45.0 Å². The van der Waals surface area contributed by atoms with Crippen molar-refractivity contribution in [2.75, 3.05) is 46.0 Å². The molecule has 0 amide bonds. The summed E-state index contributed by atoms with van der Waals surface area (Å²) in [4.78, 5) is 0. The van der Waals surface area contributed by atoms with Gasteiger partial charge in [-0.2, -0.15) is 72.3 Å². The van der Waals surface area contributed by atoms with Crippen LogP contribution < -0.4 is 0 Å². The highest BCUT2D eigenvalue weighted by molar-refractivity contribution is 8.04.